The minimum absolute atomic E-state index is 0.302. The van der Waals surface area contributed by atoms with Gasteiger partial charge in [-0.25, -0.2) is 4.79 Å². The molecule has 3 heteroatoms. The number of methoxy groups -OCH3 is 2. The van der Waals surface area contributed by atoms with Crippen LogP contribution in [0.4, 0.5) is 0 Å². The first-order chi connectivity index (χ1) is 8.99. The molecule has 19 heavy (non-hydrogen) atoms. The third-order valence-electron chi connectivity index (χ3n) is 3.18. The molecule has 0 fully saturated rings. The molecule has 0 saturated heterocycles. The molecule has 0 rings (SSSR count). The van der Waals surface area contributed by atoms with Gasteiger partial charge in [0, 0.05) is 13.2 Å². The topological polar surface area (TPSA) is 35.5 Å². The lowest BCUT2D eigenvalue weighted by molar-refractivity contribution is -0.134. The summed E-state index contributed by atoms with van der Waals surface area (Å²) >= 11 is 0. The Morgan fingerprint density at radius 2 is 1.89 bits per heavy atom. The Labute approximate surface area is 117 Å². The summed E-state index contributed by atoms with van der Waals surface area (Å²) < 4.78 is 9.80. The van der Waals surface area contributed by atoms with E-state index in [0.717, 1.165) is 18.4 Å². The molecule has 0 amide bonds. The van der Waals surface area contributed by atoms with Gasteiger partial charge in [-0.2, -0.15) is 0 Å². The maximum Gasteiger partial charge on any atom is 0.330 e. The minimum Gasteiger partial charge on any atom is -0.466 e. The van der Waals surface area contributed by atoms with E-state index in [4.69, 9.17) is 4.74 Å². The molecule has 0 aromatic rings. The lowest BCUT2D eigenvalue weighted by atomic mass is 9.99. The maximum absolute atomic E-state index is 11.0. The van der Waals surface area contributed by atoms with Crippen molar-refractivity contribution in [2.75, 3.05) is 14.2 Å². The molecule has 0 aliphatic carbocycles. The highest BCUT2D eigenvalue weighted by Gasteiger charge is 2.03. The minimum atomic E-state index is -0.302. The highest BCUT2D eigenvalue weighted by molar-refractivity contribution is 5.83. The predicted molar refractivity (Wildman–Crippen MR) is 79.0 cm³/mol. The molecule has 0 aliphatic heterocycles. The summed E-state index contributed by atoms with van der Waals surface area (Å²) in [7, 11) is 3.15. The number of hydrogen-bond acceptors (Lipinski definition) is 3. The second kappa shape index (κ2) is 10.8. The molecule has 0 aliphatic rings. The fourth-order valence-corrected chi connectivity index (χ4v) is 1.77. The maximum atomic E-state index is 11.0. The highest BCUT2D eigenvalue weighted by Crippen LogP contribution is 2.14. The SMILES string of the molecule is COC(=O)/C=C(C)/C=C/CC(C)CCCC(C)OC. The van der Waals surface area contributed by atoms with E-state index >= 15 is 0 Å². The number of ether oxygens (including phenoxy) is 2. The molecule has 0 heterocycles. The van der Waals surface area contributed by atoms with Gasteiger partial charge in [-0.05, 0) is 38.2 Å². The highest BCUT2D eigenvalue weighted by atomic mass is 16.5. The van der Waals surface area contributed by atoms with Crippen molar-refractivity contribution >= 4 is 5.97 Å². The summed E-state index contributed by atoms with van der Waals surface area (Å²) in [6.07, 6.45) is 10.5. The van der Waals surface area contributed by atoms with Crippen molar-refractivity contribution < 1.29 is 14.3 Å². The van der Waals surface area contributed by atoms with Crippen molar-refractivity contribution in [2.24, 2.45) is 5.92 Å². The lowest BCUT2D eigenvalue weighted by Crippen LogP contribution is -2.05. The van der Waals surface area contributed by atoms with E-state index in [1.807, 2.05) is 13.0 Å². The fraction of sp³-hybridized carbons (Fsp3) is 0.688. The Hall–Kier alpha value is -1.09. The summed E-state index contributed by atoms with van der Waals surface area (Å²) in [4.78, 5) is 11.0. The first-order valence-electron chi connectivity index (χ1n) is 6.95. The zero-order valence-corrected chi connectivity index (χ0v) is 12.9. The van der Waals surface area contributed by atoms with Crippen LogP contribution >= 0.6 is 0 Å². The normalized spacial score (nSPS) is 15.5. The Balaban J connectivity index is 3.86. The third kappa shape index (κ3) is 10.5. The molecule has 0 aromatic carbocycles. The Morgan fingerprint density at radius 3 is 2.47 bits per heavy atom. The molecular formula is C16H28O3. The van der Waals surface area contributed by atoms with Gasteiger partial charge in [0.05, 0.1) is 13.2 Å². The van der Waals surface area contributed by atoms with E-state index in [0.29, 0.717) is 12.0 Å². The molecule has 0 radical (unpaired) electrons. The zero-order chi connectivity index (χ0) is 14.7. The number of hydrogen-bond donors (Lipinski definition) is 0. The third-order valence-corrected chi connectivity index (χ3v) is 3.18. The van der Waals surface area contributed by atoms with Crippen LogP contribution in [0.5, 0.6) is 0 Å². The zero-order valence-electron chi connectivity index (χ0n) is 12.9. The van der Waals surface area contributed by atoms with Crippen LogP contribution in [0.15, 0.2) is 23.8 Å². The van der Waals surface area contributed by atoms with Crippen LogP contribution in [0.1, 0.15) is 46.5 Å². The quantitative estimate of drug-likeness (QED) is 0.361. The van der Waals surface area contributed by atoms with Crippen molar-refractivity contribution in [1.82, 2.24) is 0 Å². The van der Waals surface area contributed by atoms with Crippen molar-refractivity contribution in [1.29, 1.82) is 0 Å². The van der Waals surface area contributed by atoms with Crippen LogP contribution in [-0.2, 0) is 14.3 Å². The van der Waals surface area contributed by atoms with Gasteiger partial charge in [-0.3, -0.25) is 0 Å². The van der Waals surface area contributed by atoms with Gasteiger partial charge in [0.25, 0.3) is 0 Å². The van der Waals surface area contributed by atoms with Crippen molar-refractivity contribution in [3.8, 4) is 0 Å². The molecule has 3 nitrogen and oxygen atoms in total. The van der Waals surface area contributed by atoms with Crippen LogP contribution in [0.25, 0.3) is 0 Å². The van der Waals surface area contributed by atoms with Crippen LogP contribution in [0.2, 0.25) is 0 Å². The van der Waals surface area contributed by atoms with E-state index in [2.05, 4.69) is 24.7 Å². The number of rotatable bonds is 9. The van der Waals surface area contributed by atoms with Crippen molar-refractivity contribution in [3.63, 3.8) is 0 Å². The number of esters is 1. The van der Waals surface area contributed by atoms with Crippen LogP contribution in [0, 0.1) is 5.92 Å². The van der Waals surface area contributed by atoms with Crippen LogP contribution in [0.3, 0.4) is 0 Å². The van der Waals surface area contributed by atoms with Gasteiger partial charge in [0.1, 0.15) is 0 Å². The Morgan fingerprint density at radius 1 is 1.21 bits per heavy atom. The van der Waals surface area contributed by atoms with E-state index in [9.17, 15) is 4.79 Å². The molecule has 2 unspecified atom stereocenters. The summed E-state index contributed by atoms with van der Waals surface area (Å²) in [6, 6.07) is 0. The molecule has 0 N–H and O–H groups in total. The van der Waals surface area contributed by atoms with E-state index in [1.54, 1.807) is 7.11 Å². The Bertz CT molecular complexity index is 305. The second-order valence-electron chi connectivity index (χ2n) is 5.13. The monoisotopic (exact) mass is 268 g/mol. The molecule has 2 atom stereocenters. The van der Waals surface area contributed by atoms with Crippen molar-refractivity contribution in [3.05, 3.63) is 23.8 Å². The Kier molecular flexibility index (Phi) is 10.2. The van der Waals surface area contributed by atoms with Crippen molar-refractivity contribution in [2.45, 2.75) is 52.6 Å². The van der Waals surface area contributed by atoms with Crippen LogP contribution in [-0.4, -0.2) is 26.3 Å². The lowest BCUT2D eigenvalue weighted by Gasteiger charge is -2.11. The van der Waals surface area contributed by atoms with Gasteiger partial charge < -0.3 is 9.47 Å². The van der Waals surface area contributed by atoms with E-state index in [-0.39, 0.29) is 5.97 Å². The molecule has 0 bridgehead atoms. The first-order valence-corrected chi connectivity index (χ1v) is 6.95. The molecule has 0 aromatic heterocycles. The van der Waals surface area contributed by atoms with Gasteiger partial charge in [0.15, 0.2) is 0 Å². The largest absolute Gasteiger partial charge is 0.466 e. The number of carbonyl (C=O) groups is 1. The number of carbonyl (C=O) groups excluding carboxylic acids is 1. The average Bonchev–Trinajstić information content (AvgIpc) is 2.38. The second-order valence-corrected chi connectivity index (χ2v) is 5.13. The first kappa shape index (κ1) is 17.9. The van der Waals surface area contributed by atoms with Gasteiger partial charge in [-0.15, -0.1) is 0 Å². The van der Waals surface area contributed by atoms with Crippen LogP contribution < -0.4 is 0 Å². The predicted octanol–water partition coefficient (Wildman–Crippen LogP) is 3.89. The molecule has 110 valence electrons. The van der Waals surface area contributed by atoms with E-state index in [1.165, 1.54) is 26.0 Å². The fourth-order valence-electron chi connectivity index (χ4n) is 1.77. The molecule has 0 spiro atoms. The van der Waals surface area contributed by atoms with Gasteiger partial charge in [0.2, 0.25) is 0 Å². The smallest absolute Gasteiger partial charge is 0.330 e. The summed E-state index contributed by atoms with van der Waals surface area (Å²) in [5, 5.41) is 0. The van der Waals surface area contributed by atoms with Gasteiger partial charge in [-0.1, -0.05) is 31.9 Å². The summed E-state index contributed by atoms with van der Waals surface area (Å²) in [6.45, 7) is 6.26. The molecule has 0 saturated carbocycles. The van der Waals surface area contributed by atoms with Gasteiger partial charge >= 0.3 is 5.97 Å². The van der Waals surface area contributed by atoms with E-state index < -0.39 is 0 Å². The standard InChI is InChI=1S/C16H28O3/c1-13(9-7-11-15(3)18-4)8-6-10-14(2)12-16(17)19-5/h6,10,12-13,15H,7-9,11H2,1-5H3/b10-6+,14-12+. The average molecular weight is 268 g/mol. The summed E-state index contributed by atoms with van der Waals surface area (Å²) in [5.41, 5.74) is 0.923. The number of allylic oxidation sites excluding steroid dienone is 3. The molecular weight excluding hydrogens is 240 g/mol. The summed E-state index contributed by atoms with van der Waals surface area (Å²) in [5.74, 6) is 0.356.